The zero-order chi connectivity index (χ0) is 41.5. The van der Waals surface area contributed by atoms with E-state index < -0.39 is 68.7 Å². The Morgan fingerprint density at radius 1 is 1.08 bits per heavy atom. The van der Waals surface area contributed by atoms with Crippen LogP contribution >= 0.6 is 0 Å². The van der Waals surface area contributed by atoms with Gasteiger partial charge in [-0.25, -0.2) is 18.2 Å². The molecule has 2 aliphatic heterocycles. The molecule has 312 valence electrons. The third-order valence-corrected chi connectivity index (χ3v) is 14.1. The number of alkyl carbamates (subject to hydrolysis) is 1. The smallest absolute Gasteiger partial charge is 0.407 e. The van der Waals surface area contributed by atoms with Gasteiger partial charge in [-0.1, -0.05) is 68.3 Å². The van der Waals surface area contributed by atoms with Crippen molar-refractivity contribution in [3.63, 3.8) is 0 Å². The molecule has 1 unspecified atom stereocenters. The van der Waals surface area contributed by atoms with Gasteiger partial charge in [-0.2, -0.15) is 0 Å². The van der Waals surface area contributed by atoms with Crippen molar-refractivity contribution >= 4 is 50.8 Å². The molecular formula is C44H51N5O9S. The molecule has 2 aromatic carbocycles. The van der Waals surface area contributed by atoms with Crippen molar-refractivity contribution in [2.24, 2.45) is 17.8 Å². The summed E-state index contributed by atoms with van der Waals surface area (Å²) < 4.78 is 46.2. The molecule has 15 heteroatoms. The number of allylic oxidation sites excluding steroid dienone is 1. The zero-order valence-corrected chi connectivity index (χ0v) is 34.2. The van der Waals surface area contributed by atoms with Crippen LogP contribution in [0.25, 0.3) is 28.2 Å². The monoisotopic (exact) mass is 825 g/mol. The van der Waals surface area contributed by atoms with Crippen LogP contribution in [-0.4, -0.2) is 91.4 Å². The summed E-state index contributed by atoms with van der Waals surface area (Å²) in [5.41, 5.74) is 1.35. The first-order valence-corrected chi connectivity index (χ1v) is 22.1. The van der Waals surface area contributed by atoms with Gasteiger partial charge in [0.05, 0.1) is 36.7 Å². The van der Waals surface area contributed by atoms with E-state index in [0.29, 0.717) is 60.2 Å². The van der Waals surface area contributed by atoms with Crippen LogP contribution in [0.3, 0.4) is 0 Å². The van der Waals surface area contributed by atoms with Gasteiger partial charge in [-0.05, 0) is 56.4 Å². The third kappa shape index (κ3) is 8.39. The molecule has 0 radical (unpaired) electrons. The van der Waals surface area contributed by atoms with Gasteiger partial charge in [0.15, 0.2) is 0 Å². The Bertz CT molecular complexity index is 2290. The van der Waals surface area contributed by atoms with Gasteiger partial charge in [0.2, 0.25) is 21.8 Å². The fourth-order valence-electron chi connectivity index (χ4n) is 8.71. The van der Waals surface area contributed by atoms with Crippen molar-refractivity contribution in [2.75, 3.05) is 20.3 Å². The van der Waals surface area contributed by atoms with Gasteiger partial charge < -0.3 is 29.7 Å². The highest BCUT2D eigenvalue weighted by molar-refractivity contribution is 7.91. The number of hydrogen-bond acceptors (Lipinski definition) is 10. The first-order chi connectivity index (χ1) is 28.4. The number of nitrogens with one attached hydrogen (secondary N) is 3. The summed E-state index contributed by atoms with van der Waals surface area (Å²) in [5, 5.41) is 5.78. The molecule has 8 rings (SSSR count). The summed E-state index contributed by atoms with van der Waals surface area (Å²) in [6.45, 7) is 5.88. The lowest BCUT2D eigenvalue weighted by Crippen LogP contribution is -2.59. The highest BCUT2D eigenvalue weighted by Crippen LogP contribution is 2.46. The number of amides is 4. The summed E-state index contributed by atoms with van der Waals surface area (Å²) in [6, 6.07) is 13.2. The van der Waals surface area contributed by atoms with E-state index in [1.54, 1.807) is 7.11 Å². The summed E-state index contributed by atoms with van der Waals surface area (Å²) in [7, 11) is -2.32. The summed E-state index contributed by atoms with van der Waals surface area (Å²) in [4.78, 5) is 62.9. The van der Waals surface area contributed by atoms with Crippen LogP contribution in [0, 0.1) is 17.8 Å². The molecule has 4 bridgehead atoms. The molecule has 1 aromatic heterocycles. The number of hydrogen-bond donors (Lipinski definition) is 3. The second kappa shape index (κ2) is 16.3. The van der Waals surface area contributed by atoms with Crippen LogP contribution < -0.4 is 24.8 Å². The molecule has 5 aliphatic rings. The lowest BCUT2D eigenvalue weighted by atomic mass is 9.96. The molecule has 3 N–H and O–H groups in total. The lowest BCUT2D eigenvalue weighted by molar-refractivity contribution is -0.142. The number of benzene rings is 2. The van der Waals surface area contributed by atoms with E-state index in [2.05, 4.69) is 21.9 Å². The van der Waals surface area contributed by atoms with Crippen molar-refractivity contribution in [1.82, 2.24) is 25.2 Å². The van der Waals surface area contributed by atoms with E-state index in [9.17, 15) is 27.6 Å². The van der Waals surface area contributed by atoms with E-state index in [1.807, 2.05) is 67.6 Å². The second-order valence-corrected chi connectivity index (χ2v) is 18.6. The number of carbonyl (C=O) groups is 4. The number of rotatable bonds is 9. The quantitative estimate of drug-likeness (QED) is 0.241. The van der Waals surface area contributed by atoms with Crippen LogP contribution in [0.4, 0.5) is 4.79 Å². The molecule has 4 fully saturated rings. The van der Waals surface area contributed by atoms with Crippen LogP contribution in [-0.2, 0) is 29.1 Å². The summed E-state index contributed by atoms with van der Waals surface area (Å²) >= 11 is 0. The van der Waals surface area contributed by atoms with E-state index >= 15 is 0 Å². The number of carbonyl (C=O) groups excluding carboxylic acids is 4. The first kappa shape index (κ1) is 40.3. The van der Waals surface area contributed by atoms with Gasteiger partial charge in [0.1, 0.15) is 35.2 Å². The van der Waals surface area contributed by atoms with Gasteiger partial charge >= 0.3 is 6.09 Å². The average Bonchev–Trinajstić information content (AvgIpc) is 4.10. The molecule has 4 amide bonds. The molecule has 59 heavy (non-hydrogen) atoms. The molecule has 3 aromatic rings. The Kier molecular flexibility index (Phi) is 11.2. The molecule has 14 nitrogen and oxygen atoms in total. The molecule has 6 atom stereocenters. The Balaban J connectivity index is 1.19. The van der Waals surface area contributed by atoms with Gasteiger partial charge in [-0.15, -0.1) is 6.58 Å². The Morgan fingerprint density at radius 3 is 2.54 bits per heavy atom. The van der Waals surface area contributed by atoms with Gasteiger partial charge in [0.25, 0.3) is 5.91 Å². The molecular weight excluding hydrogens is 775 g/mol. The number of fused-ring (bicyclic) bond motifs is 3. The number of sulfonamides is 1. The average molecular weight is 826 g/mol. The first-order valence-electron chi connectivity index (χ1n) is 20.5. The highest BCUT2D eigenvalue weighted by atomic mass is 32.2. The molecule has 0 spiro atoms. The number of aromatic nitrogens is 1. The fraction of sp³-hybridized carbons (Fsp3) is 0.477. The minimum Gasteiger partial charge on any atom is -0.496 e. The van der Waals surface area contributed by atoms with E-state index in [1.165, 1.54) is 11.0 Å². The fourth-order valence-corrected chi connectivity index (χ4v) is 10.1. The highest BCUT2D eigenvalue weighted by Gasteiger charge is 2.62. The predicted octanol–water partition coefficient (Wildman–Crippen LogP) is 5.27. The standard InChI is InChI=1S/C44H51N5O9S/c1-4-30-23-44(30,42(52)48-59(54,55)32-17-18-32)47-40(50)36-20-31-24-49(36)41(51)39(28-14-8-9-15-28)46-43(53)57-25-26(2)11-10-16-29-19-33-35(22-37(29)56-3)45-34(21-38(33)58-31)27-12-6-5-7-13-27/h4-7,10,12-13,16,19,21-22,26,28,30-32,36,39H,1,8-9,11,14-15,17-18,20,23-25H2,2-3H3,(H,46,53)(H,47,50)(H,48,52)/b16-10+/t26?,30-,31-,36+,39+,44-/m1/s1. The van der Waals surface area contributed by atoms with Crippen molar-refractivity contribution in [3.05, 3.63) is 72.8 Å². The van der Waals surface area contributed by atoms with Crippen molar-refractivity contribution in [1.29, 1.82) is 0 Å². The third-order valence-electron chi connectivity index (χ3n) is 12.3. The number of nitrogens with zero attached hydrogens (tertiary/aromatic N) is 2. The summed E-state index contributed by atoms with van der Waals surface area (Å²) in [5.74, 6) is -1.59. The van der Waals surface area contributed by atoms with Crippen LogP contribution in [0.1, 0.15) is 70.3 Å². The van der Waals surface area contributed by atoms with Crippen LogP contribution in [0.15, 0.2) is 67.3 Å². The maximum Gasteiger partial charge on any atom is 0.407 e. The number of ether oxygens (including phenoxy) is 3. The maximum atomic E-state index is 14.9. The van der Waals surface area contributed by atoms with Gasteiger partial charge in [-0.3, -0.25) is 19.1 Å². The van der Waals surface area contributed by atoms with Crippen molar-refractivity contribution in [3.8, 4) is 22.8 Å². The zero-order valence-electron chi connectivity index (χ0n) is 33.4. The van der Waals surface area contributed by atoms with E-state index in [-0.39, 0.29) is 37.8 Å². The van der Waals surface area contributed by atoms with Crippen LogP contribution in [0.2, 0.25) is 0 Å². The predicted molar refractivity (Wildman–Crippen MR) is 221 cm³/mol. The normalized spacial score (nSPS) is 28.1. The second-order valence-electron chi connectivity index (χ2n) is 16.7. The summed E-state index contributed by atoms with van der Waals surface area (Å²) in [6.07, 6.45) is 8.94. The van der Waals surface area contributed by atoms with Crippen molar-refractivity contribution in [2.45, 2.75) is 93.7 Å². The molecule has 3 aliphatic carbocycles. The Labute approximate surface area is 344 Å². The topological polar surface area (TPSA) is 182 Å². The Morgan fingerprint density at radius 2 is 1.85 bits per heavy atom. The van der Waals surface area contributed by atoms with Gasteiger partial charge in [0, 0.05) is 41.0 Å². The number of methoxy groups -OCH3 is 1. The maximum absolute atomic E-state index is 14.9. The number of cyclic esters (lactones) is 1. The SMILES string of the molecule is C=C[C@@H]1C[C@]1(NC(=O)[C@@H]1C[C@@H]2CN1C(=O)[C@H](C1CCCC1)NC(=O)OCC(C)C/C=C/c1cc3c(cc(-c4ccccc4)nc3cc1OC)O2)C(=O)NS(=O)(=O)C1CC1. The molecule has 3 heterocycles. The van der Waals surface area contributed by atoms with E-state index in [4.69, 9.17) is 19.2 Å². The molecule has 3 saturated carbocycles. The Hall–Kier alpha value is -5.44. The molecule has 1 saturated heterocycles. The minimum atomic E-state index is -3.91. The lowest BCUT2D eigenvalue weighted by Gasteiger charge is -2.32. The number of pyridine rings is 1. The largest absolute Gasteiger partial charge is 0.496 e. The van der Waals surface area contributed by atoms with Crippen molar-refractivity contribution < 1.29 is 41.8 Å². The van der Waals surface area contributed by atoms with E-state index in [0.717, 1.165) is 24.0 Å². The minimum absolute atomic E-state index is 0.0125. The van der Waals surface area contributed by atoms with Crippen LogP contribution in [0.5, 0.6) is 11.5 Å².